The van der Waals surface area contributed by atoms with E-state index in [0.717, 1.165) is 35.4 Å². The second kappa shape index (κ2) is 8.68. The number of nitrogens with zero attached hydrogens (tertiary/aromatic N) is 1. The van der Waals surface area contributed by atoms with Crippen molar-refractivity contribution in [3.05, 3.63) is 40.6 Å². The van der Waals surface area contributed by atoms with Gasteiger partial charge in [0, 0.05) is 55.5 Å². The van der Waals surface area contributed by atoms with Gasteiger partial charge < -0.3 is 20.9 Å². The predicted molar refractivity (Wildman–Crippen MR) is 115 cm³/mol. The van der Waals surface area contributed by atoms with Crippen LogP contribution in [0.3, 0.4) is 0 Å². The highest BCUT2D eigenvalue weighted by atomic mass is 16.2. The molecule has 7 heteroatoms. The van der Waals surface area contributed by atoms with Crippen molar-refractivity contribution >= 4 is 23.3 Å². The van der Waals surface area contributed by atoms with Crippen molar-refractivity contribution in [1.29, 1.82) is 5.41 Å². The maximum Gasteiger partial charge on any atom is 0.251 e. The van der Waals surface area contributed by atoms with Crippen molar-refractivity contribution in [2.75, 3.05) is 25.5 Å². The van der Waals surface area contributed by atoms with Crippen LogP contribution in [0.2, 0.25) is 0 Å². The normalized spacial score (nSPS) is 16.7. The summed E-state index contributed by atoms with van der Waals surface area (Å²) < 4.78 is 0. The van der Waals surface area contributed by atoms with Gasteiger partial charge in [-0.05, 0) is 56.4 Å². The molecule has 0 atom stereocenters. The molecule has 1 aromatic rings. The molecule has 29 heavy (non-hydrogen) atoms. The fourth-order valence-electron chi connectivity index (χ4n) is 3.61. The average molecular weight is 398 g/mol. The lowest BCUT2D eigenvalue weighted by Gasteiger charge is -2.30. The molecule has 1 aliphatic heterocycles. The highest BCUT2D eigenvalue weighted by Crippen LogP contribution is 2.41. The maximum atomic E-state index is 12.6. The van der Waals surface area contributed by atoms with Crippen LogP contribution in [0.4, 0.5) is 5.69 Å². The van der Waals surface area contributed by atoms with Crippen LogP contribution in [0.5, 0.6) is 0 Å². The van der Waals surface area contributed by atoms with Gasteiger partial charge in [-0.1, -0.05) is 0 Å². The lowest BCUT2D eigenvalue weighted by atomic mass is 10.0. The number of rotatable bonds is 6. The molecule has 1 heterocycles. The molecule has 1 saturated carbocycles. The first-order valence-corrected chi connectivity index (χ1v) is 10.3. The summed E-state index contributed by atoms with van der Waals surface area (Å²) in [6.45, 7) is 6.48. The molecular formula is C22H31N5O2. The van der Waals surface area contributed by atoms with Crippen LogP contribution in [0.25, 0.3) is 0 Å². The third-order valence-corrected chi connectivity index (χ3v) is 5.35. The minimum atomic E-state index is -0.104. The Hall–Kier alpha value is -2.83. The number of carbonyl (C=O) groups is 2. The number of hydrogen-bond acceptors (Lipinski definition) is 4. The van der Waals surface area contributed by atoms with Crippen molar-refractivity contribution in [3.8, 4) is 0 Å². The number of nitrogens with one attached hydrogen (secondary N) is 4. The van der Waals surface area contributed by atoms with Gasteiger partial charge in [-0.25, -0.2) is 0 Å². The van der Waals surface area contributed by atoms with E-state index in [-0.39, 0.29) is 23.7 Å². The summed E-state index contributed by atoms with van der Waals surface area (Å²) in [7, 11) is 1.84. The first kappa shape index (κ1) is 20.9. The first-order valence-electron chi connectivity index (χ1n) is 10.3. The lowest BCUT2D eigenvalue weighted by molar-refractivity contribution is -0.128. The van der Waals surface area contributed by atoms with Gasteiger partial charge in [0.1, 0.15) is 5.84 Å². The smallest absolute Gasteiger partial charge is 0.251 e. The van der Waals surface area contributed by atoms with E-state index in [1.807, 2.05) is 33.0 Å². The fraction of sp³-hybridized carbons (Fsp3) is 0.500. The summed E-state index contributed by atoms with van der Waals surface area (Å²) >= 11 is 0. The molecule has 1 aromatic carbocycles. The summed E-state index contributed by atoms with van der Waals surface area (Å²) in [5.74, 6) is 0.649. The van der Waals surface area contributed by atoms with Gasteiger partial charge in [0.2, 0.25) is 5.91 Å². The van der Waals surface area contributed by atoms with Crippen LogP contribution in [0, 0.1) is 5.41 Å². The van der Waals surface area contributed by atoms with Gasteiger partial charge in [-0.3, -0.25) is 15.0 Å². The van der Waals surface area contributed by atoms with Crippen LogP contribution in [0.15, 0.2) is 29.5 Å². The predicted octanol–water partition coefficient (Wildman–Crippen LogP) is 2.82. The van der Waals surface area contributed by atoms with Crippen molar-refractivity contribution in [1.82, 2.24) is 15.5 Å². The van der Waals surface area contributed by atoms with Gasteiger partial charge in [-0.2, -0.15) is 0 Å². The van der Waals surface area contributed by atoms with E-state index >= 15 is 0 Å². The highest BCUT2D eigenvalue weighted by molar-refractivity contribution is 6.07. The molecule has 156 valence electrons. The molecule has 0 unspecified atom stereocenters. The van der Waals surface area contributed by atoms with Crippen molar-refractivity contribution < 1.29 is 9.59 Å². The first-order chi connectivity index (χ1) is 13.8. The van der Waals surface area contributed by atoms with E-state index in [9.17, 15) is 9.59 Å². The largest absolute Gasteiger partial charge is 0.391 e. The van der Waals surface area contributed by atoms with Crippen LogP contribution >= 0.6 is 0 Å². The van der Waals surface area contributed by atoms with Crippen LogP contribution < -0.4 is 16.0 Å². The Morgan fingerprint density at radius 3 is 2.52 bits per heavy atom. The number of hydrogen-bond donors (Lipinski definition) is 4. The van der Waals surface area contributed by atoms with Crippen LogP contribution in [-0.2, 0) is 4.79 Å². The minimum Gasteiger partial charge on any atom is -0.391 e. The lowest BCUT2D eigenvalue weighted by Crippen LogP contribution is -2.40. The molecular weight excluding hydrogens is 366 g/mol. The Morgan fingerprint density at radius 2 is 1.93 bits per heavy atom. The molecule has 3 rings (SSSR count). The minimum absolute atomic E-state index is 0.00817. The second-order valence-corrected chi connectivity index (χ2v) is 8.14. The SMILES string of the molecule is CNC1=C(C(=N)Nc2cc(C(=O)NC(C)C)cc(C3CC3)c2)CN(C(C)=O)CC1. The quantitative estimate of drug-likeness (QED) is 0.438. The summed E-state index contributed by atoms with van der Waals surface area (Å²) in [6.07, 6.45) is 2.96. The average Bonchev–Trinajstić information content (AvgIpc) is 3.51. The molecule has 0 saturated heterocycles. The Morgan fingerprint density at radius 1 is 1.21 bits per heavy atom. The van der Waals surface area contributed by atoms with E-state index in [4.69, 9.17) is 5.41 Å². The third-order valence-electron chi connectivity index (χ3n) is 5.35. The van der Waals surface area contributed by atoms with E-state index in [1.165, 1.54) is 0 Å². The zero-order chi connectivity index (χ0) is 21.1. The Labute approximate surface area is 172 Å². The number of amides is 2. The highest BCUT2D eigenvalue weighted by Gasteiger charge is 2.26. The molecule has 0 radical (unpaired) electrons. The monoisotopic (exact) mass is 397 g/mol. The molecule has 0 spiro atoms. The Kier molecular flexibility index (Phi) is 6.25. The third kappa shape index (κ3) is 5.16. The Bertz CT molecular complexity index is 855. The molecule has 1 aliphatic carbocycles. The summed E-state index contributed by atoms with van der Waals surface area (Å²) in [6, 6.07) is 5.85. The van der Waals surface area contributed by atoms with E-state index in [2.05, 4.69) is 16.0 Å². The number of benzene rings is 1. The van der Waals surface area contributed by atoms with Gasteiger partial charge in [-0.15, -0.1) is 0 Å². The summed E-state index contributed by atoms with van der Waals surface area (Å²) in [5, 5.41) is 17.9. The fourth-order valence-corrected chi connectivity index (χ4v) is 3.61. The number of amidine groups is 1. The molecule has 4 N–H and O–H groups in total. The zero-order valence-corrected chi connectivity index (χ0v) is 17.7. The van der Waals surface area contributed by atoms with Crippen LogP contribution in [-0.4, -0.2) is 48.7 Å². The summed E-state index contributed by atoms with van der Waals surface area (Å²) in [5.41, 5.74) is 4.22. The van der Waals surface area contributed by atoms with Crippen LogP contribution in [0.1, 0.15) is 61.9 Å². The van der Waals surface area contributed by atoms with Gasteiger partial charge >= 0.3 is 0 Å². The summed E-state index contributed by atoms with van der Waals surface area (Å²) in [4.78, 5) is 26.1. The topological polar surface area (TPSA) is 97.3 Å². The van der Waals surface area contributed by atoms with E-state index in [1.54, 1.807) is 17.9 Å². The van der Waals surface area contributed by atoms with Gasteiger partial charge in [0.15, 0.2) is 0 Å². The van der Waals surface area contributed by atoms with Crippen molar-refractivity contribution in [2.24, 2.45) is 0 Å². The molecule has 0 bridgehead atoms. The van der Waals surface area contributed by atoms with Crippen molar-refractivity contribution in [2.45, 2.75) is 52.0 Å². The second-order valence-electron chi connectivity index (χ2n) is 8.14. The molecule has 2 amide bonds. The van der Waals surface area contributed by atoms with Gasteiger partial charge in [0.25, 0.3) is 5.91 Å². The van der Waals surface area contributed by atoms with E-state index < -0.39 is 0 Å². The van der Waals surface area contributed by atoms with E-state index in [0.29, 0.717) is 31.0 Å². The molecule has 7 nitrogen and oxygen atoms in total. The van der Waals surface area contributed by atoms with Gasteiger partial charge in [0.05, 0.1) is 6.54 Å². The number of anilines is 1. The van der Waals surface area contributed by atoms with Crippen molar-refractivity contribution in [3.63, 3.8) is 0 Å². The molecule has 2 aliphatic rings. The number of carbonyl (C=O) groups excluding carboxylic acids is 2. The molecule has 0 aromatic heterocycles. The standard InChI is InChI=1S/C22H31N5O2/c1-13(2)25-22(29)17-9-16(15-5-6-15)10-18(11-17)26-21(23)19-12-27(14(3)28)8-7-20(19)24-4/h9-11,13,15,24H,5-8,12H2,1-4H3,(H2,23,26)(H,25,29). The Balaban J connectivity index is 1.85. The maximum absolute atomic E-state index is 12.6. The molecule has 1 fully saturated rings. The zero-order valence-electron chi connectivity index (χ0n) is 17.7.